The van der Waals surface area contributed by atoms with E-state index in [1.807, 2.05) is 36.4 Å². The van der Waals surface area contributed by atoms with Crippen LogP contribution < -0.4 is 28.4 Å². The summed E-state index contributed by atoms with van der Waals surface area (Å²) in [7, 11) is 14.1. The van der Waals surface area contributed by atoms with Gasteiger partial charge in [-0.2, -0.15) is 0 Å². The van der Waals surface area contributed by atoms with Crippen molar-refractivity contribution in [2.45, 2.75) is 76.9 Å². The molecule has 0 spiro atoms. The standard InChI is InChI=1S/C52H70N2O13/c1-53(21-17-35-29-46(63-6)47(64-7)30-40(35)42(53)25-34-11-13-44(61-4)45(26-34)62-5)19-9-23-66-48(58)15-16-49(59)67-24-10-20-54(2)22-18-36-27-38(31-55)41(33-57)52(65-8)50(36)51(54)37-12-14-43(60-3)39(28-37)32-56/h11-14,26-30,42,51,55-57H,9-10,15-25,31-33H2,1-8H3/q+2. The van der Waals surface area contributed by atoms with Crippen LogP contribution in [0.3, 0.4) is 0 Å². The van der Waals surface area contributed by atoms with Gasteiger partial charge in [-0.15, -0.1) is 0 Å². The summed E-state index contributed by atoms with van der Waals surface area (Å²) in [6, 6.07) is 17.7. The average molecular weight is 931 g/mol. The maximum absolute atomic E-state index is 12.9. The average Bonchev–Trinajstić information content (AvgIpc) is 3.35. The Morgan fingerprint density at radius 3 is 1.76 bits per heavy atom. The first kappa shape index (κ1) is 50.8. The maximum atomic E-state index is 12.9. The molecule has 67 heavy (non-hydrogen) atoms. The summed E-state index contributed by atoms with van der Waals surface area (Å²) in [5.41, 5.74) is 8.17. The van der Waals surface area contributed by atoms with Crippen molar-refractivity contribution in [3.05, 3.63) is 105 Å². The Balaban J connectivity index is 1.04. The summed E-state index contributed by atoms with van der Waals surface area (Å²) in [6.07, 6.45) is 3.28. The maximum Gasteiger partial charge on any atom is 0.306 e. The predicted molar refractivity (Wildman–Crippen MR) is 251 cm³/mol. The summed E-state index contributed by atoms with van der Waals surface area (Å²) in [5.74, 6) is 2.91. The molecule has 4 atom stereocenters. The van der Waals surface area contributed by atoms with Crippen LogP contribution in [-0.2, 0) is 58.1 Å². The third kappa shape index (κ3) is 11.2. The molecule has 0 aliphatic carbocycles. The SMILES string of the molecule is COc1ccc(C2c3c(cc(CO)c(CO)c3OC)CC[N+]2(C)CCCOC(=O)CCC(=O)OCCC[N+]2(C)CCc3cc(OC)c(OC)cc3C2Cc2ccc(OC)c(OC)c2)cc1CO. The van der Waals surface area contributed by atoms with Crippen molar-refractivity contribution in [1.82, 2.24) is 0 Å². The number of ether oxygens (including phenoxy) is 8. The minimum absolute atomic E-state index is 0.0666. The molecular weight excluding hydrogens is 861 g/mol. The Kier molecular flexibility index (Phi) is 17.4. The molecule has 364 valence electrons. The fraction of sp³-hybridized carbons (Fsp3) is 0.500. The van der Waals surface area contributed by atoms with Crippen LogP contribution in [0.1, 0.15) is 87.8 Å². The molecule has 0 bridgehead atoms. The molecule has 4 aromatic rings. The first-order valence-corrected chi connectivity index (χ1v) is 23.0. The summed E-state index contributed by atoms with van der Waals surface area (Å²) in [5, 5.41) is 30.8. The van der Waals surface area contributed by atoms with E-state index in [9.17, 15) is 24.9 Å². The van der Waals surface area contributed by atoms with Gasteiger partial charge in [0, 0.05) is 54.4 Å². The van der Waals surface area contributed by atoms with Gasteiger partial charge in [0.15, 0.2) is 23.0 Å². The summed E-state index contributed by atoms with van der Waals surface area (Å²) < 4.78 is 46.6. The largest absolute Gasteiger partial charge is 0.496 e. The minimum Gasteiger partial charge on any atom is -0.496 e. The Morgan fingerprint density at radius 2 is 1.16 bits per heavy atom. The molecule has 4 unspecified atom stereocenters. The number of likely N-dealkylation sites (N-methyl/N-ethyl adjacent to an activating group) is 2. The number of aliphatic hydroxyl groups is 3. The Labute approximate surface area is 394 Å². The third-order valence-corrected chi connectivity index (χ3v) is 13.9. The number of quaternary nitrogens is 2. The smallest absolute Gasteiger partial charge is 0.306 e. The number of nitrogens with zero attached hydrogens (tertiary/aromatic N) is 2. The lowest BCUT2D eigenvalue weighted by Crippen LogP contribution is -2.52. The van der Waals surface area contributed by atoms with Crippen molar-refractivity contribution >= 4 is 11.9 Å². The van der Waals surface area contributed by atoms with E-state index in [0.717, 1.165) is 59.2 Å². The van der Waals surface area contributed by atoms with Crippen molar-refractivity contribution in [1.29, 1.82) is 0 Å². The molecule has 2 heterocycles. The number of aliphatic hydroxyl groups excluding tert-OH is 3. The first-order chi connectivity index (χ1) is 32.3. The minimum atomic E-state index is -0.469. The molecule has 0 saturated carbocycles. The van der Waals surface area contributed by atoms with Gasteiger partial charge in [-0.05, 0) is 64.7 Å². The van der Waals surface area contributed by atoms with E-state index in [2.05, 4.69) is 32.3 Å². The second-order valence-corrected chi connectivity index (χ2v) is 17.9. The van der Waals surface area contributed by atoms with Crippen LogP contribution >= 0.6 is 0 Å². The van der Waals surface area contributed by atoms with Gasteiger partial charge in [-0.25, -0.2) is 0 Å². The highest BCUT2D eigenvalue weighted by Gasteiger charge is 2.44. The lowest BCUT2D eigenvalue weighted by atomic mass is 9.82. The zero-order valence-corrected chi connectivity index (χ0v) is 40.5. The van der Waals surface area contributed by atoms with Gasteiger partial charge in [0.2, 0.25) is 0 Å². The van der Waals surface area contributed by atoms with Crippen LogP contribution in [0, 0.1) is 0 Å². The van der Waals surface area contributed by atoms with E-state index in [0.29, 0.717) is 81.5 Å². The van der Waals surface area contributed by atoms with Gasteiger partial charge in [-0.1, -0.05) is 12.1 Å². The van der Waals surface area contributed by atoms with E-state index >= 15 is 0 Å². The number of carbonyl (C=O) groups excluding carboxylic acids is 2. The van der Waals surface area contributed by atoms with Crippen molar-refractivity contribution in [2.24, 2.45) is 0 Å². The molecule has 0 fully saturated rings. The Morgan fingerprint density at radius 1 is 0.597 bits per heavy atom. The second-order valence-electron chi connectivity index (χ2n) is 17.9. The summed E-state index contributed by atoms with van der Waals surface area (Å²) >= 11 is 0. The lowest BCUT2D eigenvalue weighted by Gasteiger charge is -2.46. The van der Waals surface area contributed by atoms with Crippen molar-refractivity contribution in [2.75, 3.05) is 96.1 Å². The van der Waals surface area contributed by atoms with E-state index in [1.165, 1.54) is 11.1 Å². The number of hydrogen-bond donors (Lipinski definition) is 3. The van der Waals surface area contributed by atoms with E-state index in [-0.39, 0.29) is 58.0 Å². The van der Waals surface area contributed by atoms with Gasteiger partial charge < -0.3 is 62.2 Å². The molecule has 0 aromatic heterocycles. The fourth-order valence-corrected chi connectivity index (χ4v) is 10.3. The zero-order chi connectivity index (χ0) is 48.3. The van der Waals surface area contributed by atoms with Gasteiger partial charge in [0.05, 0.1) is 134 Å². The van der Waals surface area contributed by atoms with E-state index in [1.54, 1.807) is 42.7 Å². The summed E-state index contributed by atoms with van der Waals surface area (Å²) in [6.45, 7) is 2.63. The fourth-order valence-electron chi connectivity index (χ4n) is 10.3. The molecule has 15 nitrogen and oxygen atoms in total. The molecule has 0 saturated heterocycles. The van der Waals surface area contributed by atoms with Gasteiger partial charge in [-0.3, -0.25) is 9.59 Å². The number of rotatable bonds is 23. The number of fused-ring (bicyclic) bond motifs is 2. The van der Waals surface area contributed by atoms with Crippen LogP contribution in [0.4, 0.5) is 0 Å². The Bertz CT molecular complexity index is 2350. The normalized spacial score (nSPS) is 19.7. The van der Waals surface area contributed by atoms with Crippen LogP contribution in [0.5, 0.6) is 34.5 Å². The quantitative estimate of drug-likeness (QED) is 0.0455. The number of esters is 2. The zero-order valence-electron chi connectivity index (χ0n) is 40.5. The molecule has 15 heteroatoms. The predicted octanol–water partition coefficient (Wildman–Crippen LogP) is 5.94. The first-order valence-electron chi connectivity index (χ1n) is 23.0. The van der Waals surface area contributed by atoms with Crippen LogP contribution in [0.2, 0.25) is 0 Å². The number of benzene rings is 4. The summed E-state index contributed by atoms with van der Waals surface area (Å²) in [4.78, 5) is 25.9. The van der Waals surface area contributed by atoms with E-state index in [4.69, 9.17) is 37.9 Å². The van der Waals surface area contributed by atoms with Crippen LogP contribution in [0.15, 0.2) is 54.6 Å². The highest BCUT2D eigenvalue weighted by molar-refractivity contribution is 5.77. The van der Waals surface area contributed by atoms with Crippen molar-refractivity contribution in [3.8, 4) is 34.5 Å². The van der Waals surface area contributed by atoms with Gasteiger partial charge in [0.1, 0.15) is 23.6 Å². The lowest BCUT2D eigenvalue weighted by molar-refractivity contribution is -0.941. The highest BCUT2D eigenvalue weighted by atomic mass is 16.5. The topological polar surface area (TPSA) is 169 Å². The second kappa shape index (κ2) is 22.9. The molecule has 2 aliphatic heterocycles. The Hall–Kier alpha value is -5.58. The number of carbonyl (C=O) groups is 2. The third-order valence-electron chi connectivity index (χ3n) is 13.9. The highest BCUT2D eigenvalue weighted by Crippen LogP contribution is 2.48. The van der Waals surface area contributed by atoms with Crippen molar-refractivity contribution in [3.63, 3.8) is 0 Å². The molecule has 6 rings (SSSR count). The van der Waals surface area contributed by atoms with Crippen LogP contribution in [-0.4, -0.2) is 132 Å². The van der Waals surface area contributed by atoms with E-state index < -0.39 is 11.9 Å². The van der Waals surface area contributed by atoms with Crippen molar-refractivity contribution < 1.29 is 71.8 Å². The molecule has 2 aliphatic rings. The number of hydrogen-bond acceptors (Lipinski definition) is 13. The van der Waals surface area contributed by atoms with Gasteiger partial charge >= 0.3 is 11.9 Å². The molecular formula is C52H70N2O13+2. The monoisotopic (exact) mass is 930 g/mol. The molecule has 4 aromatic carbocycles. The molecule has 3 N–H and O–H groups in total. The van der Waals surface area contributed by atoms with Crippen LogP contribution in [0.25, 0.3) is 0 Å². The molecule has 0 amide bonds. The molecule has 0 radical (unpaired) electrons. The van der Waals surface area contributed by atoms with Gasteiger partial charge in [0.25, 0.3) is 0 Å². The number of methoxy groups -OCH3 is 6.